The van der Waals surface area contributed by atoms with Crippen LogP contribution < -0.4 is 5.73 Å². The molecule has 0 radical (unpaired) electrons. The minimum Gasteiger partial charge on any atom is -0.369 e. The molecule has 0 heterocycles. The Hall–Kier alpha value is -0.530. The predicted octanol–water partition coefficient (Wildman–Crippen LogP) is 2.57. The highest BCUT2D eigenvalue weighted by Gasteiger charge is 2.42. The molecule has 0 aromatic heterocycles. The largest absolute Gasteiger partial charge is 0.369 e. The van der Waals surface area contributed by atoms with Gasteiger partial charge in [0.1, 0.15) is 0 Å². The Morgan fingerprint density at radius 1 is 1.50 bits per heavy atom. The summed E-state index contributed by atoms with van der Waals surface area (Å²) in [4.78, 5) is 11.4. The second kappa shape index (κ2) is 3.92. The normalized spacial score (nSPS) is 38.6. The molecule has 3 unspecified atom stereocenters. The van der Waals surface area contributed by atoms with Crippen LogP contribution in [-0.4, -0.2) is 5.91 Å². The number of rotatable bonds is 2. The smallest absolute Gasteiger partial charge is 0.223 e. The highest BCUT2D eigenvalue weighted by molar-refractivity contribution is 5.80. The third-order valence-electron chi connectivity index (χ3n) is 4.28. The maximum atomic E-state index is 11.4. The highest BCUT2D eigenvalue weighted by atomic mass is 16.1. The fourth-order valence-corrected chi connectivity index (χ4v) is 2.54. The molecular weight excluding hydrogens is 174 g/mol. The van der Waals surface area contributed by atoms with Crippen LogP contribution in [0.1, 0.15) is 47.0 Å². The molecule has 1 rings (SSSR count). The van der Waals surface area contributed by atoms with Crippen LogP contribution in [0.3, 0.4) is 0 Å². The van der Waals surface area contributed by atoms with Gasteiger partial charge in [0.2, 0.25) is 5.91 Å². The fourth-order valence-electron chi connectivity index (χ4n) is 2.54. The van der Waals surface area contributed by atoms with Crippen LogP contribution in [0.5, 0.6) is 0 Å². The van der Waals surface area contributed by atoms with Crippen molar-refractivity contribution in [1.29, 1.82) is 0 Å². The zero-order valence-corrected chi connectivity index (χ0v) is 9.84. The summed E-state index contributed by atoms with van der Waals surface area (Å²) in [6.45, 7) is 8.73. The molecule has 3 atom stereocenters. The Balaban J connectivity index is 2.69. The highest BCUT2D eigenvalue weighted by Crippen LogP contribution is 2.44. The van der Waals surface area contributed by atoms with E-state index in [4.69, 9.17) is 5.73 Å². The number of nitrogens with two attached hydrogens (primary N) is 1. The lowest BCUT2D eigenvalue weighted by molar-refractivity contribution is -0.132. The third kappa shape index (κ3) is 1.94. The van der Waals surface area contributed by atoms with E-state index in [-0.39, 0.29) is 11.3 Å². The maximum absolute atomic E-state index is 11.4. The molecule has 1 amide bonds. The maximum Gasteiger partial charge on any atom is 0.223 e. The van der Waals surface area contributed by atoms with E-state index in [2.05, 4.69) is 20.8 Å². The van der Waals surface area contributed by atoms with Crippen molar-refractivity contribution in [2.24, 2.45) is 28.9 Å². The Bertz CT molecular complexity index is 224. The van der Waals surface area contributed by atoms with Gasteiger partial charge >= 0.3 is 0 Å². The SMILES string of the molecule is CC(C)C1CCC(C)(C(N)=O)C(C)C1. The van der Waals surface area contributed by atoms with Gasteiger partial charge in [0.15, 0.2) is 0 Å². The number of hydrogen-bond donors (Lipinski definition) is 1. The first kappa shape index (κ1) is 11.5. The Morgan fingerprint density at radius 2 is 2.07 bits per heavy atom. The zero-order valence-electron chi connectivity index (χ0n) is 9.84. The quantitative estimate of drug-likeness (QED) is 0.726. The van der Waals surface area contributed by atoms with E-state index in [1.807, 2.05) is 6.92 Å². The molecule has 0 saturated heterocycles. The van der Waals surface area contributed by atoms with Crippen molar-refractivity contribution in [2.75, 3.05) is 0 Å². The molecule has 0 aliphatic heterocycles. The third-order valence-corrected chi connectivity index (χ3v) is 4.28. The van der Waals surface area contributed by atoms with E-state index in [0.717, 1.165) is 31.1 Å². The molecule has 0 aromatic carbocycles. The Labute approximate surface area is 87.2 Å². The molecule has 2 N–H and O–H groups in total. The molecular formula is C12H23NO. The van der Waals surface area contributed by atoms with Crippen LogP contribution in [-0.2, 0) is 4.79 Å². The molecule has 2 heteroatoms. The predicted molar refractivity (Wildman–Crippen MR) is 58.6 cm³/mol. The van der Waals surface area contributed by atoms with Gasteiger partial charge in [0.05, 0.1) is 0 Å². The summed E-state index contributed by atoms with van der Waals surface area (Å²) in [5, 5.41) is 0. The monoisotopic (exact) mass is 197 g/mol. The van der Waals surface area contributed by atoms with Gasteiger partial charge in [-0.1, -0.05) is 27.7 Å². The molecule has 82 valence electrons. The molecule has 1 aliphatic rings. The summed E-state index contributed by atoms with van der Waals surface area (Å²) in [6, 6.07) is 0. The summed E-state index contributed by atoms with van der Waals surface area (Å²) in [5.41, 5.74) is 5.22. The number of hydrogen-bond acceptors (Lipinski definition) is 1. The van der Waals surface area contributed by atoms with Gasteiger partial charge in [0, 0.05) is 5.41 Å². The molecule has 1 fully saturated rings. The number of carbonyl (C=O) groups excluding carboxylic acids is 1. The van der Waals surface area contributed by atoms with Crippen molar-refractivity contribution in [1.82, 2.24) is 0 Å². The number of carbonyl (C=O) groups is 1. The van der Waals surface area contributed by atoms with Gasteiger partial charge in [-0.3, -0.25) is 4.79 Å². The second-order valence-corrected chi connectivity index (χ2v) is 5.46. The average molecular weight is 197 g/mol. The van der Waals surface area contributed by atoms with Crippen LogP contribution >= 0.6 is 0 Å². The number of primary amides is 1. The lowest BCUT2D eigenvalue weighted by Crippen LogP contribution is -2.44. The van der Waals surface area contributed by atoms with Gasteiger partial charge in [-0.15, -0.1) is 0 Å². The first-order valence-corrected chi connectivity index (χ1v) is 5.68. The minimum absolute atomic E-state index is 0.118. The van der Waals surface area contributed by atoms with Crippen LogP contribution in [0.2, 0.25) is 0 Å². The molecule has 2 nitrogen and oxygen atoms in total. The topological polar surface area (TPSA) is 43.1 Å². The van der Waals surface area contributed by atoms with Crippen LogP contribution in [0.25, 0.3) is 0 Å². The lowest BCUT2D eigenvalue weighted by Gasteiger charge is -2.41. The summed E-state index contributed by atoms with van der Waals surface area (Å²) >= 11 is 0. The molecule has 1 saturated carbocycles. The van der Waals surface area contributed by atoms with E-state index in [1.54, 1.807) is 0 Å². The van der Waals surface area contributed by atoms with Gasteiger partial charge in [0.25, 0.3) is 0 Å². The van der Waals surface area contributed by atoms with Crippen molar-refractivity contribution in [3.8, 4) is 0 Å². The van der Waals surface area contributed by atoms with Crippen LogP contribution in [0.4, 0.5) is 0 Å². The van der Waals surface area contributed by atoms with Crippen molar-refractivity contribution in [3.63, 3.8) is 0 Å². The summed E-state index contributed by atoms with van der Waals surface area (Å²) < 4.78 is 0. The van der Waals surface area contributed by atoms with Crippen molar-refractivity contribution >= 4 is 5.91 Å². The molecule has 0 bridgehead atoms. The first-order valence-electron chi connectivity index (χ1n) is 5.68. The summed E-state index contributed by atoms with van der Waals surface area (Å²) in [7, 11) is 0. The van der Waals surface area contributed by atoms with Gasteiger partial charge in [-0.05, 0) is 37.0 Å². The van der Waals surface area contributed by atoms with Gasteiger partial charge in [-0.2, -0.15) is 0 Å². The van der Waals surface area contributed by atoms with Crippen molar-refractivity contribution in [3.05, 3.63) is 0 Å². The molecule has 14 heavy (non-hydrogen) atoms. The zero-order chi connectivity index (χ0) is 10.9. The Kier molecular flexibility index (Phi) is 3.23. The van der Waals surface area contributed by atoms with Crippen molar-refractivity contribution < 1.29 is 4.79 Å². The van der Waals surface area contributed by atoms with E-state index < -0.39 is 0 Å². The molecule has 0 aromatic rings. The minimum atomic E-state index is -0.259. The van der Waals surface area contributed by atoms with E-state index >= 15 is 0 Å². The number of amides is 1. The summed E-state index contributed by atoms with van der Waals surface area (Å²) in [5.74, 6) is 1.82. The summed E-state index contributed by atoms with van der Waals surface area (Å²) in [6.07, 6.45) is 3.27. The van der Waals surface area contributed by atoms with Crippen LogP contribution in [0, 0.1) is 23.2 Å². The van der Waals surface area contributed by atoms with Crippen LogP contribution in [0.15, 0.2) is 0 Å². The van der Waals surface area contributed by atoms with Crippen molar-refractivity contribution in [2.45, 2.75) is 47.0 Å². The van der Waals surface area contributed by atoms with Gasteiger partial charge < -0.3 is 5.73 Å². The fraction of sp³-hybridized carbons (Fsp3) is 0.917. The molecule has 1 aliphatic carbocycles. The molecule has 0 spiro atoms. The first-order chi connectivity index (χ1) is 6.38. The standard InChI is InChI=1S/C12H23NO/c1-8(2)10-5-6-12(4,11(13)14)9(3)7-10/h8-10H,5-7H2,1-4H3,(H2,13,14). The lowest BCUT2D eigenvalue weighted by atomic mass is 9.63. The van der Waals surface area contributed by atoms with E-state index in [1.165, 1.54) is 0 Å². The average Bonchev–Trinajstić information content (AvgIpc) is 2.09. The van der Waals surface area contributed by atoms with E-state index in [9.17, 15) is 4.79 Å². The van der Waals surface area contributed by atoms with Gasteiger partial charge in [-0.25, -0.2) is 0 Å². The Morgan fingerprint density at radius 3 is 2.43 bits per heavy atom. The second-order valence-electron chi connectivity index (χ2n) is 5.46. The van der Waals surface area contributed by atoms with E-state index in [0.29, 0.717) is 5.92 Å².